The number of nitrogens with zero attached hydrogens (tertiary/aromatic N) is 4. The first-order valence-electron chi connectivity index (χ1n) is 4.04. The van der Waals surface area contributed by atoms with Crippen molar-refractivity contribution >= 4 is 5.69 Å². The van der Waals surface area contributed by atoms with Gasteiger partial charge in [-0.15, -0.1) is 5.10 Å². The third-order valence-electron chi connectivity index (χ3n) is 2.12. The number of para-hydroxylation sites is 1. The minimum absolute atomic E-state index is 0.638. The lowest BCUT2D eigenvalue weighted by atomic mass is 10.1. The van der Waals surface area contributed by atoms with Gasteiger partial charge < -0.3 is 5.32 Å². The Morgan fingerprint density at radius 3 is 3.23 bits per heavy atom. The number of aromatic nitrogens is 4. The van der Waals surface area contributed by atoms with Crippen LogP contribution in [0.5, 0.6) is 0 Å². The van der Waals surface area contributed by atoms with Crippen LogP contribution in [0.3, 0.4) is 0 Å². The van der Waals surface area contributed by atoms with E-state index >= 15 is 0 Å². The summed E-state index contributed by atoms with van der Waals surface area (Å²) in [5, 5.41) is 14.7. The van der Waals surface area contributed by atoms with Gasteiger partial charge >= 0.3 is 0 Å². The Labute approximate surface area is 74.4 Å². The highest BCUT2D eigenvalue weighted by Crippen LogP contribution is 2.28. The molecule has 0 saturated carbocycles. The smallest absolute Gasteiger partial charge is 0.185 e. The second-order valence-electron chi connectivity index (χ2n) is 2.88. The summed E-state index contributed by atoms with van der Waals surface area (Å²) in [5.41, 5.74) is 2.14. The topological polar surface area (TPSA) is 55.6 Å². The number of nitrogens with one attached hydrogen (secondary N) is 1. The van der Waals surface area contributed by atoms with Gasteiger partial charge in [-0.1, -0.05) is 12.1 Å². The quantitative estimate of drug-likeness (QED) is 0.637. The monoisotopic (exact) mass is 173 g/mol. The molecule has 2 aromatic rings. The van der Waals surface area contributed by atoms with Gasteiger partial charge in [-0.25, -0.2) is 4.68 Å². The van der Waals surface area contributed by atoms with Crippen LogP contribution in [-0.4, -0.2) is 20.2 Å². The lowest BCUT2D eigenvalue weighted by Crippen LogP contribution is -2.16. The number of anilines is 1. The summed E-state index contributed by atoms with van der Waals surface area (Å²) in [4.78, 5) is 0. The second-order valence-corrected chi connectivity index (χ2v) is 2.88. The van der Waals surface area contributed by atoms with Crippen molar-refractivity contribution in [3.63, 3.8) is 0 Å². The zero-order valence-corrected chi connectivity index (χ0v) is 6.81. The van der Waals surface area contributed by atoms with Crippen LogP contribution in [0.4, 0.5) is 5.69 Å². The minimum Gasteiger partial charge on any atom is -0.365 e. The second kappa shape index (κ2) is 2.29. The van der Waals surface area contributed by atoms with Crippen LogP contribution in [0, 0.1) is 0 Å². The first kappa shape index (κ1) is 6.59. The van der Waals surface area contributed by atoms with Crippen molar-refractivity contribution in [1.29, 1.82) is 0 Å². The molecule has 3 rings (SSSR count). The molecule has 0 saturated heterocycles. The summed E-state index contributed by atoms with van der Waals surface area (Å²) in [6.45, 7) is 0.638. The first-order valence-corrected chi connectivity index (χ1v) is 4.04. The van der Waals surface area contributed by atoms with Crippen LogP contribution >= 0.6 is 0 Å². The van der Waals surface area contributed by atoms with Crippen molar-refractivity contribution in [2.75, 3.05) is 5.32 Å². The predicted octanol–water partition coefficient (Wildman–Crippen LogP) is 0.723. The number of hydrogen-bond acceptors (Lipinski definition) is 4. The SMILES string of the molecule is c1ccc2c(c1)NCn1nnnc1-2. The normalized spacial score (nSPS) is 12.9. The van der Waals surface area contributed by atoms with Gasteiger partial charge in [0, 0.05) is 11.3 Å². The molecule has 1 aliphatic rings. The van der Waals surface area contributed by atoms with E-state index in [9.17, 15) is 0 Å². The fourth-order valence-corrected chi connectivity index (χ4v) is 1.50. The summed E-state index contributed by atoms with van der Waals surface area (Å²) < 4.78 is 1.74. The molecule has 0 radical (unpaired) electrons. The maximum absolute atomic E-state index is 3.96. The molecule has 0 spiro atoms. The molecular weight excluding hydrogens is 166 g/mol. The minimum atomic E-state index is 0.638. The Balaban J connectivity index is 2.30. The molecule has 0 amide bonds. The summed E-state index contributed by atoms with van der Waals surface area (Å²) >= 11 is 0. The van der Waals surface area contributed by atoms with Gasteiger partial charge in [0.15, 0.2) is 5.82 Å². The number of fused-ring (bicyclic) bond motifs is 3. The van der Waals surface area contributed by atoms with Crippen LogP contribution in [0.1, 0.15) is 0 Å². The van der Waals surface area contributed by atoms with E-state index in [-0.39, 0.29) is 0 Å². The van der Waals surface area contributed by atoms with Gasteiger partial charge in [0.25, 0.3) is 0 Å². The van der Waals surface area contributed by atoms with Crippen LogP contribution in [0.25, 0.3) is 11.4 Å². The molecule has 64 valence electrons. The molecule has 5 nitrogen and oxygen atoms in total. The number of hydrogen-bond donors (Lipinski definition) is 1. The van der Waals surface area contributed by atoms with Crippen LogP contribution in [0.15, 0.2) is 24.3 Å². The molecule has 1 aromatic heterocycles. The summed E-state index contributed by atoms with van der Waals surface area (Å²) in [7, 11) is 0. The van der Waals surface area contributed by atoms with Crippen molar-refractivity contribution in [3.8, 4) is 11.4 Å². The Hall–Kier alpha value is -1.91. The molecule has 2 heterocycles. The predicted molar refractivity (Wildman–Crippen MR) is 46.9 cm³/mol. The highest BCUT2D eigenvalue weighted by Gasteiger charge is 2.16. The largest absolute Gasteiger partial charge is 0.365 e. The van der Waals surface area contributed by atoms with E-state index in [0.717, 1.165) is 17.1 Å². The fraction of sp³-hybridized carbons (Fsp3) is 0.125. The molecular formula is C8H7N5. The van der Waals surface area contributed by atoms with Crippen LogP contribution in [-0.2, 0) is 6.67 Å². The molecule has 0 atom stereocenters. The summed E-state index contributed by atoms with van der Waals surface area (Å²) in [6.07, 6.45) is 0. The maximum Gasteiger partial charge on any atom is 0.185 e. The highest BCUT2D eigenvalue weighted by molar-refractivity contribution is 5.74. The molecule has 0 aliphatic carbocycles. The van der Waals surface area contributed by atoms with Crippen LogP contribution in [0.2, 0.25) is 0 Å². The average Bonchev–Trinajstić information content (AvgIpc) is 2.65. The van der Waals surface area contributed by atoms with Crippen LogP contribution < -0.4 is 5.32 Å². The molecule has 13 heavy (non-hydrogen) atoms. The Morgan fingerprint density at radius 1 is 1.31 bits per heavy atom. The maximum atomic E-state index is 3.96. The van der Waals surface area contributed by atoms with E-state index < -0.39 is 0 Å². The third kappa shape index (κ3) is 0.837. The van der Waals surface area contributed by atoms with Gasteiger partial charge in [0.05, 0.1) is 0 Å². The number of rotatable bonds is 0. The van der Waals surface area contributed by atoms with E-state index in [2.05, 4.69) is 20.8 Å². The Morgan fingerprint density at radius 2 is 2.23 bits per heavy atom. The van der Waals surface area contributed by atoms with Gasteiger partial charge in [0.1, 0.15) is 6.67 Å². The highest BCUT2D eigenvalue weighted by atomic mass is 15.6. The van der Waals surface area contributed by atoms with E-state index in [4.69, 9.17) is 0 Å². The molecule has 1 aliphatic heterocycles. The van der Waals surface area contributed by atoms with Crippen molar-refractivity contribution in [3.05, 3.63) is 24.3 Å². The number of tetrazole rings is 1. The molecule has 0 unspecified atom stereocenters. The van der Waals surface area contributed by atoms with Gasteiger partial charge in [-0.2, -0.15) is 0 Å². The van der Waals surface area contributed by atoms with E-state index in [1.54, 1.807) is 4.68 Å². The first-order chi connectivity index (χ1) is 6.45. The van der Waals surface area contributed by atoms with Gasteiger partial charge in [-0.3, -0.25) is 0 Å². The molecule has 0 fully saturated rings. The summed E-state index contributed by atoms with van der Waals surface area (Å²) in [6, 6.07) is 7.99. The van der Waals surface area contributed by atoms with Crippen molar-refractivity contribution < 1.29 is 0 Å². The molecule has 5 heteroatoms. The van der Waals surface area contributed by atoms with Gasteiger partial charge in [0.2, 0.25) is 0 Å². The van der Waals surface area contributed by atoms with E-state index in [0.29, 0.717) is 6.67 Å². The van der Waals surface area contributed by atoms with Crippen molar-refractivity contribution in [2.24, 2.45) is 0 Å². The molecule has 1 aromatic carbocycles. The Kier molecular flexibility index (Phi) is 1.16. The van der Waals surface area contributed by atoms with Crippen molar-refractivity contribution in [2.45, 2.75) is 6.67 Å². The lowest BCUT2D eigenvalue weighted by Gasteiger charge is -2.16. The zero-order chi connectivity index (χ0) is 8.67. The Bertz CT molecular complexity index is 447. The third-order valence-corrected chi connectivity index (χ3v) is 2.12. The fourth-order valence-electron chi connectivity index (χ4n) is 1.50. The van der Waals surface area contributed by atoms with Crippen molar-refractivity contribution in [1.82, 2.24) is 20.2 Å². The molecule has 1 N–H and O–H groups in total. The van der Waals surface area contributed by atoms with E-state index in [1.165, 1.54) is 0 Å². The van der Waals surface area contributed by atoms with Gasteiger partial charge in [-0.05, 0) is 22.6 Å². The summed E-state index contributed by atoms with van der Waals surface area (Å²) in [5.74, 6) is 0.828. The standard InChI is InChI=1S/C8H7N5/c1-2-4-7-6(3-1)8-10-11-12-13(8)5-9-7/h1-4,9H,5H2. The zero-order valence-electron chi connectivity index (χ0n) is 6.81. The van der Waals surface area contributed by atoms with E-state index in [1.807, 2.05) is 24.3 Å². The lowest BCUT2D eigenvalue weighted by molar-refractivity contribution is 0.633. The molecule has 0 bridgehead atoms. The average molecular weight is 173 g/mol. The number of benzene rings is 1.